The van der Waals surface area contributed by atoms with E-state index in [1.807, 2.05) is 54.6 Å². The molecular formula is C27H32ClN3O3. The van der Waals surface area contributed by atoms with Gasteiger partial charge in [0.15, 0.2) is 0 Å². The smallest absolute Gasteiger partial charge is 0.328 e. The molecule has 34 heavy (non-hydrogen) atoms. The van der Waals surface area contributed by atoms with Crippen LogP contribution in [0.25, 0.3) is 0 Å². The van der Waals surface area contributed by atoms with Gasteiger partial charge in [-0.25, -0.2) is 9.78 Å². The van der Waals surface area contributed by atoms with E-state index in [9.17, 15) is 9.59 Å². The molecule has 180 valence electrons. The molecule has 3 rings (SSSR count). The maximum atomic E-state index is 13.0. The summed E-state index contributed by atoms with van der Waals surface area (Å²) in [6.45, 7) is 2.67. The summed E-state index contributed by atoms with van der Waals surface area (Å²) in [5, 5.41) is 3.54. The molecule has 1 aromatic heterocycles. The fourth-order valence-corrected chi connectivity index (χ4v) is 4.07. The lowest BCUT2D eigenvalue weighted by atomic mass is 10.0. The van der Waals surface area contributed by atoms with Crippen LogP contribution in [0.2, 0.25) is 5.02 Å². The fourth-order valence-electron chi connectivity index (χ4n) is 3.88. The third-order valence-electron chi connectivity index (χ3n) is 5.79. The number of esters is 1. The van der Waals surface area contributed by atoms with Crippen LogP contribution in [0.1, 0.15) is 48.8 Å². The first-order valence-corrected chi connectivity index (χ1v) is 12.1. The monoisotopic (exact) mass is 481 g/mol. The summed E-state index contributed by atoms with van der Waals surface area (Å²) in [5.41, 5.74) is 2.86. The summed E-state index contributed by atoms with van der Waals surface area (Å²) in [6.07, 6.45) is 5.87. The number of methoxy groups -OCH3 is 1. The van der Waals surface area contributed by atoms with Crippen molar-refractivity contribution in [3.05, 3.63) is 88.5 Å². The second-order valence-corrected chi connectivity index (χ2v) is 8.70. The molecule has 1 unspecified atom stereocenters. The second kappa shape index (κ2) is 12.9. The number of amides is 1. The highest BCUT2D eigenvalue weighted by molar-refractivity contribution is 6.31. The largest absolute Gasteiger partial charge is 0.467 e. The van der Waals surface area contributed by atoms with Crippen molar-refractivity contribution in [2.75, 3.05) is 7.11 Å². The fraction of sp³-hybridized carbons (Fsp3) is 0.370. The predicted molar refractivity (Wildman–Crippen MR) is 134 cm³/mol. The van der Waals surface area contributed by atoms with Gasteiger partial charge in [0.1, 0.15) is 11.9 Å². The molecule has 1 atom stereocenters. The number of carbonyl (C=O) groups excluding carboxylic acids is 2. The highest BCUT2D eigenvalue weighted by Crippen LogP contribution is 2.19. The number of rotatable bonds is 12. The van der Waals surface area contributed by atoms with Crippen LogP contribution in [0.15, 0.2) is 60.8 Å². The Morgan fingerprint density at radius 1 is 1.09 bits per heavy atom. The number of carbonyl (C=O) groups is 2. The lowest BCUT2D eigenvalue weighted by Crippen LogP contribution is -2.42. The normalized spacial score (nSPS) is 11.7. The molecule has 0 saturated carbocycles. The molecule has 0 radical (unpaired) electrons. The number of aryl methyl sites for hydroxylation is 2. The lowest BCUT2D eigenvalue weighted by Gasteiger charge is -2.17. The lowest BCUT2D eigenvalue weighted by molar-refractivity contribution is -0.145. The van der Waals surface area contributed by atoms with Gasteiger partial charge < -0.3 is 14.6 Å². The van der Waals surface area contributed by atoms with Crippen LogP contribution < -0.4 is 5.32 Å². The second-order valence-electron chi connectivity index (χ2n) is 8.29. The van der Waals surface area contributed by atoms with E-state index in [0.29, 0.717) is 24.4 Å². The van der Waals surface area contributed by atoms with E-state index in [0.717, 1.165) is 41.9 Å². The topological polar surface area (TPSA) is 73.2 Å². The van der Waals surface area contributed by atoms with E-state index >= 15 is 0 Å². The molecule has 0 aliphatic rings. The molecule has 1 heterocycles. The molecule has 0 aliphatic carbocycles. The number of imidazole rings is 1. The summed E-state index contributed by atoms with van der Waals surface area (Å²) in [6, 6.07) is 16.8. The standard InChI is InChI=1S/C27H32ClN3O3/c1-3-4-14-25-29-18-22(31(25)19-21-12-8-9-13-23(21)28)17-26(32)30-24(27(33)34-2)16-15-20-10-6-5-7-11-20/h5-13,18,24H,3-4,14-17,19H2,1-2H3,(H,30,32). The first kappa shape index (κ1) is 25.5. The van der Waals surface area contributed by atoms with Crippen molar-refractivity contribution >= 4 is 23.5 Å². The molecule has 0 saturated heterocycles. The van der Waals surface area contributed by atoms with Gasteiger partial charge in [-0.05, 0) is 36.5 Å². The minimum absolute atomic E-state index is 0.114. The first-order valence-electron chi connectivity index (χ1n) is 11.7. The van der Waals surface area contributed by atoms with Crippen LogP contribution in [-0.2, 0) is 40.1 Å². The Hall–Kier alpha value is -3.12. The molecule has 0 bridgehead atoms. The number of benzene rings is 2. The molecule has 6 nitrogen and oxygen atoms in total. The van der Waals surface area contributed by atoms with Crippen LogP contribution in [-0.4, -0.2) is 34.6 Å². The average molecular weight is 482 g/mol. The Bertz CT molecular complexity index is 1080. The third kappa shape index (κ3) is 7.19. The Morgan fingerprint density at radius 2 is 1.82 bits per heavy atom. The zero-order chi connectivity index (χ0) is 24.3. The Morgan fingerprint density at radius 3 is 2.53 bits per heavy atom. The number of halogens is 1. The van der Waals surface area contributed by atoms with Gasteiger partial charge in [0.25, 0.3) is 0 Å². The summed E-state index contributed by atoms with van der Waals surface area (Å²) in [7, 11) is 1.34. The maximum Gasteiger partial charge on any atom is 0.328 e. The summed E-state index contributed by atoms with van der Waals surface area (Å²) >= 11 is 6.40. The van der Waals surface area contributed by atoms with E-state index in [4.69, 9.17) is 16.3 Å². The minimum Gasteiger partial charge on any atom is -0.467 e. The van der Waals surface area contributed by atoms with Crippen molar-refractivity contribution in [1.29, 1.82) is 0 Å². The van der Waals surface area contributed by atoms with Gasteiger partial charge in [-0.15, -0.1) is 0 Å². The molecule has 1 N–H and O–H groups in total. The number of hydrogen-bond donors (Lipinski definition) is 1. The van der Waals surface area contributed by atoms with Gasteiger partial charge in [-0.2, -0.15) is 0 Å². The average Bonchev–Trinajstić information content (AvgIpc) is 3.22. The van der Waals surface area contributed by atoms with Crippen LogP contribution in [0.3, 0.4) is 0 Å². The minimum atomic E-state index is -0.711. The summed E-state index contributed by atoms with van der Waals surface area (Å²) < 4.78 is 6.99. The van der Waals surface area contributed by atoms with Gasteiger partial charge in [-0.1, -0.05) is 73.5 Å². The van der Waals surface area contributed by atoms with Crippen molar-refractivity contribution in [1.82, 2.24) is 14.9 Å². The summed E-state index contributed by atoms with van der Waals surface area (Å²) in [4.78, 5) is 29.9. The molecule has 7 heteroatoms. The van der Waals surface area contributed by atoms with Gasteiger partial charge in [0, 0.05) is 23.3 Å². The molecule has 1 amide bonds. The quantitative estimate of drug-likeness (QED) is 0.378. The van der Waals surface area contributed by atoms with Gasteiger partial charge in [0.05, 0.1) is 20.1 Å². The summed E-state index contributed by atoms with van der Waals surface area (Å²) in [5.74, 6) is 0.237. The third-order valence-corrected chi connectivity index (χ3v) is 6.16. The number of nitrogens with zero attached hydrogens (tertiary/aromatic N) is 2. The zero-order valence-corrected chi connectivity index (χ0v) is 20.6. The molecule has 0 spiro atoms. The van der Waals surface area contributed by atoms with E-state index in [1.165, 1.54) is 7.11 Å². The van der Waals surface area contributed by atoms with E-state index in [1.54, 1.807) is 6.20 Å². The Labute approximate surface area is 206 Å². The number of hydrogen-bond acceptors (Lipinski definition) is 4. The maximum absolute atomic E-state index is 13.0. The number of ether oxygens (including phenoxy) is 1. The van der Waals surface area contributed by atoms with Crippen LogP contribution in [0, 0.1) is 0 Å². The van der Waals surface area contributed by atoms with Crippen molar-refractivity contribution in [2.24, 2.45) is 0 Å². The highest BCUT2D eigenvalue weighted by Gasteiger charge is 2.23. The van der Waals surface area contributed by atoms with Crippen LogP contribution in [0.5, 0.6) is 0 Å². The van der Waals surface area contributed by atoms with Crippen molar-refractivity contribution in [3.63, 3.8) is 0 Å². The predicted octanol–water partition coefficient (Wildman–Crippen LogP) is 4.76. The van der Waals surface area contributed by atoms with Gasteiger partial charge >= 0.3 is 5.97 Å². The van der Waals surface area contributed by atoms with Gasteiger partial charge in [0.2, 0.25) is 5.91 Å². The zero-order valence-electron chi connectivity index (χ0n) is 19.8. The number of aromatic nitrogens is 2. The molecule has 0 aliphatic heterocycles. The molecule has 3 aromatic rings. The number of unbranched alkanes of at least 4 members (excludes halogenated alkanes) is 1. The van der Waals surface area contributed by atoms with Crippen molar-refractivity contribution in [2.45, 2.75) is 58.0 Å². The highest BCUT2D eigenvalue weighted by atomic mass is 35.5. The number of nitrogens with one attached hydrogen (secondary N) is 1. The first-order chi connectivity index (χ1) is 16.5. The Balaban J connectivity index is 1.73. The molecular weight excluding hydrogens is 450 g/mol. The van der Waals surface area contributed by atoms with Gasteiger partial charge in [-0.3, -0.25) is 4.79 Å². The van der Waals surface area contributed by atoms with Crippen LogP contribution in [0.4, 0.5) is 0 Å². The van der Waals surface area contributed by atoms with E-state index in [2.05, 4.69) is 21.8 Å². The van der Waals surface area contributed by atoms with Crippen molar-refractivity contribution in [3.8, 4) is 0 Å². The SMILES string of the molecule is CCCCc1ncc(CC(=O)NC(CCc2ccccc2)C(=O)OC)n1Cc1ccccc1Cl. The molecule has 2 aromatic carbocycles. The molecule has 0 fully saturated rings. The van der Waals surface area contributed by atoms with Crippen LogP contribution >= 0.6 is 11.6 Å². The Kier molecular flexibility index (Phi) is 9.71. The van der Waals surface area contributed by atoms with E-state index in [-0.39, 0.29) is 12.3 Å². The van der Waals surface area contributed by atoms with E-state index < -0.39 is 12.0 Å². The van der Waals surface area contributed by atoms with Crippen molar-refractivity contribution < 1.29 is 14.3 Å².